The smallest absolute Gasteiger partial charge is 0.186 e. The van der Waals surface area contributed by atoms with Crippen LogP contribution in [-0.4, -0.2) is 112 Å². The number of hydrogen-bond donors (Lipinski definition) is 8. The molecule has 0 aromatic heterocycles. The van der Waals surface area contributed by atoms with Crippen LogP contribution in [0.15, 0.2) is 0 Å². The first-order valence-corrected chi connectivity index (χ1v) is 22.2. The molecule has 38 heavy (non-hydrogen) atoms. The molecule has 2 aliphatic heterocycles. The maximum atomic E-state index is 11.6. The van der Waals surface area contributed by atoms with Gasteiger partial charge in [0, 0.05) is 13.5 Å². The molecule has 0 amide bonds. The molecule has 20 unspecified atom stereocenters. The molecule has 0 aromatic rings. The minimum atomic E-state index is -1.37. The predicted molar refractivity (Wildman–Crippen MR) is 161 cm³/mol. The Morgan fingerprint density at radius 1 is 0.974 bits per heavy atom. The quantitative estimate of drug-likeness (QED) is 0.136. The van der Waals surface area contributed by atoms with Crippen LogP contribution in [0, 0.1) is 5.92 Å². The molecule has 3 aliphatic rings. The number of ether oxygens (including phenoxy) is 4. The second kappa shape index (κ2) is 16.2. The molecule has 2 heterocycles. The van der Waals surface area contributed by atoms with Crippen molar-refractivity contribution in [1.29, 1.82) is 0 Å². The van der Waals surface area contributed by atoms with Gasteiger partial charge in [-0.1, -0.05) is 39.7 Å². The summed E-state index contributed by atoms with van der Waals surface area (Å²) in [5.41, 5.74) is 5.99. The van der Waals surface area contributed by atoms with Crippen molar-refractivity contribution in [3.05, 3.63) is 0 Å². The second-order valence-corrected chi connectivity index (χ2v) is 20.4. The van der Waals surface area contributed by atoms with Gasteiger partial charge in [0.05, 0.1) is 37.0 Å². The van der Waals surface area contributed by atoms with Gasteiger partial charge in [-0.25, -0.2) is 0 Å². The first kappa shape index (κ1) is 34.6. The van der Waals surface area contributed by atoms with Gasteiger partial charge in [-0.2, -0.15) is 0 Å². The van der Waals surface area contributed by atoms with E-state index in [1.807, 2.05) is 13.8 Å². The van der Waals surface area contributed by atoms with Crippen LogP contribution in [0.25, 0.3) is 0 Å². The van der Waals surface area contributed by atoms with Crippen molar-refractivity contribution >= 4 is 50.6 Å². The van der Waals surface area contributed by atoms with E-state index < -0.39 is 75.4 Å². The van der Waals surface area contributed by atoms with Gasteiger partial charge in [-0.3, -0.25) is 10.2 Å². The molecular weight excluding hydrogens is 612 g/mol. The molecular formula is C20H45N3O9P6. The van der Waals surface area contributed by atoms with E-state index in [1.54, 1.807) is 0 Å². The summed E-state index contributed by atoms with van der Waals surface area (Å²) in [6, 6.07) is -1.64. The highest BCUT2D eigenvalue weighted by atomic mass is 32.6. The molecule has 224 valence electrons. The minimum Gasteiger partial charge on any atom is -0.394 e. The fourth-order valence-corrected chi connectivity index (χ4v) is 9.07. The van der Waals surface area contributed by atoms with Crippen molar-refractivity contribution in [3.8, 4) is 0 Å². The molecule has 9 N–H and O–H groups in total. The fraction of sp³-hybridized carbons (Fsp3) is 1.00. The number of aliphatic hydroxyl groups is 5. The number of rotatable bonds is 11. The Bertz CT molecular complexity index is 727. The zero-order valence-electron chi connectivity index (χ0n) is 21.5. The van der Waals surface area contributed by atoms with Crippen LogP contribution in [-0.2, 0) is 18.9 Å². The lowest BCUT2D eigenvalue weighted by Gasteiger charge is -2.49. The zero-order chi connectivity index (χ0) is 28.1. The molecule has 12 nitrogen and oxygen atoms in total. The van der Waals surface area contributed by atoms with Crippen LogP contribution in [0.5, 0.6) is 0 Å². The van der Waals surface area contributed by atoms with Crippen molar-refractivity contribution in [2.24, 2.45) is 11.7 Å². The summed E-state index contributed by atoms with van der Waals surface area (Å²) in [4.78, 5) is 0. The van der Waals surface area contributed by atoms with Crippen LogP contribution in [0.3, 0.4) is 0 Å². The highest BCUT2D eigenvalue weighted by Gasteiger charge is 2.51. The summed E-state index contributed by atoms with van der Waals surface area (Å²) < 4.78 is 24.4. The minimum absolute atomic E-state index is 0.0790. The van der Waals surface area contributed by atoms with E-state index in [-0.39, 0.29) is 24.1 Å². The van der Waals surface area contributed by atoms with Gasteiger partial charge in [-0.15, -0.1) is 8.93 Å². The highest BCUT2D eigenvalue weighted by Crippen LogP contribution is 2.63. The maximum absolute atomic E-state index is 11.6. The zero-order valence-corrected chi connectivity index (χ0v) is 27.9. The van der Waals surface area contributed by atoms with Gasteiger partial charge in [0.1, 0.15) is 30.5 Å². The van der Waals surface area contributed by atoms with Crippen LogP contribution in [0.2, 0.25) is 0 Å². The van der Waals surface area contributed by atoms with E-state index in [1.165, 1.54) is 0 Å². The van der Waals surface area contributed by atoms with Crippen molar-refractivity contribution < 1.29 is 44.5 Å². The summed E-state index contributed by atoms with van der Waals surface area (Å²) in [6.45, 7) is 3.44. The Morgan fingerprint density at radius 3 is 2.24 bits per heavy atom. The summed E-state index contributed by atoms with van der Waals surface area (Å²) >= 11 is 0. The third-order valence-electron chi connectivity index (χ3n) is 7.45. The predicted octanol–water partition coefficient (Wildman–Crippen LogP) is -0.320. The lowest BCUT2D eigenvalue weighted by atomic mass is 9.80. The fourth-order valence-electron chi connectivity index (χ4n) is 5.31. The summed E-state index contributed by atoms with van der Waals surface area (Å²) in [6.07, 6.45) is -7.56. The maximum Gasteiger partial charge on any atom is 0.186 e. The summed E-state index contributed by atoms with van der Waals surface area (Å²) in [7, 11) is 8.40. The molecule has 2 saturated heterocycles. The van der Waals surface area contributed by atoms with E-state index >= 15 is 0 Å². The first-order chi connectivity index (χ1) is 18.1. The van der Waals surface area contributed by atoms with Crippen molar-refractivity contribution in [3.63, 3.8) is 0 Å². The van der Waals surface area contributed by atoms with Crippen molar-refractivity contribution in [2.75, 3.05) is 6.61 Å². The second-order valence-electron chi connectivity index (χ2n) is 10.1. The lowest BCUT2D eigenvalue weighted by molar-refractivity contribution is -0.318. The number of nitrogens with one attached hydrogen (secondary N) is 2. The molecule has 0 bridgehead atoms. The van der Waals surface area contributed by atoms with Gasteiger partial charge >= 0.3 is 0 Å². The Labute approximate surface area is 236 Å². The largest absolute Gasteiger partial charge is 0.394 e. The van der Waals surface area contributed by atoms with E-state index in [4.69, 9.17) is 24.7 Å². The number of hydrogen-bond acceptors (Lipinski definition) is 12. The van der Waals surface area contributed by atoms with Crippen LogP contribution < -0.4 is 15.9 Å². The average Bonchev–Trinajstić information content (AvgIpc) is 2.89. The summed E-state index contributed by atoms with van der Waals surface area (Å²) in [5, 5.41) is 59.5. The third kappa shape index (κ3) is 8.38. The first-order valence-electron chi connectivity index (χ1n) is 12.7. The molecule has 20 atom stereocenters. The third-order valence-corrected chi connectivity index (χ3v) is 17.6. The Balaban J connectivity index is 1.82. The average molecular weight is 657 g/mol. The van der Waals surface area contributed by atoms with E-state index in [9.17, 15) is 25.5 Å². The van der Waals surface area contributed by atoms with Gasteiger partial charge in [-0.05, 0) is 33.6 Å². The van der Waals surface area contributed by atoms with Gasteiger partial charge in [0.15, 0.2) is 12.6 Å². The van der Waals surface area contributed by atoms with Gasteiger partial charge in [0.25, 0.3) is 0 Å². The molecule has 0 radical (unpaired) electrons. The monoisotopic (exact) mass is 657 g/mol. The van der Waals surface area contributed by atoms with Gasteiger partial charge < -0.3 is 50.2 Å². The molecule has 3 rings (SSSR count). The Hall–Kier alpha value is 2.10. The van der Waals surface area contributed by atoms with Crippen LogP contribution in [0.4, 0.5) is 0 Å². The van der Waals surface area contributed by atoms with E-state index in [2.05, 4.69) is 37.0 Å². The van der Waals surface area contributed by atoms with E-state index in [0.717, 1.165) is 0 Å². The SMILES string of the molecule is CCC1OC(OC2C(C)CC(NP(P)PP)C(OC3OC(CO)C(O)C(N)C3O)C2O)C(NPP)CC1O. The standard InChI is InChI=1S/C20H45N3O9P6/c1-3-11-10(25)5-9(22-36-33)19(29-11)31-17-7(2)4-8(23-38(35)37-34)18(16(17)28)32-20-15(27)13(21)14(26)12(6-24)30-20/h7-20,22-28,36-37H,3-6,21,33-35H2,1-2H3. The highest BCUT2D eigenvalue weighted by molar-refractivity contribution is 8.60. The molecule has 1 saturated carbocycles. The summed E-state index contributed by atoms with van der Waals surface area (Å²) in [5.74, 6) is -0.0790. The van der Waals surface area contributed by atoms with Crippen LogP contribution in [0.1, 0.15) is 33.1 Å². The van der Waals surface area contributed by atoms with E-state index in [0.29, 0.717) is 35.6 Å². The molecule has 18 heteroatoms. The Kier molecular flexibility index (Phi) is 14.8. The lowest BCUT2D eigenvalue weighted by Crippen LogP contribution is -2.66. The number of aliphatic hydroxyl groups excluding tert-OH is 5. The molecule has 3 fully saturated rings. The topological polar surface area (TPSA) is 188 Å². The Morgan fingerprint density at radius 2 is 1.63 bits per heavy atom. The molecule has 0 spiro atoms. The normalized spacial score (nSPS) is 47.8. The number of nitrogens with two attached hydrogens (primary N) is 1. The van der Waals surface area contributed by atoms with Crippen LogP contribution >= 0.6 is 50.6 Å². The molecule has 1 aliphatic carbocycles. The van der Waals surface area contributed by atoms with Gasteiger partial charge in [0.2, 0.25) is 0 Å². The molecule has 0 aromatic carbocycles. The van der Waals surface area contributed by atoms with Crippen molar-refractivity contribution in [2.45, 2.75) is 113 Å². The van der Waals surface area contributed by atoms with Crippen molar-refractivity contribution in [1.82, 2.24) is 10.2 Å².